The number of piperazine rings is 1. The lowest BCUT2D eigenvalue weighted by molar-refractivity contribution is -0.918. The van der Waals surface area contributed by atoms with Crippen molar-refractivity contribution in [2.24, 2.45) is 5.10 Å². The van der Waals surface area contributed by atoms with Gasteiger partial charge in [-0.05, 0) is 29.8 Å². The maximum absolute atomic E-state index is 5.90. The quantitative estimate of drug-likeness (QED) is 0.673. The molecule has 4 nitrogen and oxygen atoms in total. The summed E-state index contributed by atoms with van der Waals surface area (Å²) in [5, 5.41) is 6.85. The average Bonchev–Trinajstić information content (AvgIpc) is 2.75. The summed E-state index contributed by atoms with van der Waals surface area (Å²) in [4.78, 5) is 1.62. The highest BCUT2D eigenvalue weighted by Gasteiger charge is 2.18. The van der Waals surface area contributed by atoms with Gasteiger partial charge in [-0.15, -0.1) is 0 Å². The number of benzene rings is 3. The maximum atomic E-state index is 5.90. The molecular weight excluding hydrogens is 346 g/mol. The van der Waals surface area contributed by atoms with Gasteiger partial charge in [-0.3, -0.25) is 5.01 Å². The van der Waals surface area contributed by atoms with Crippen LogP contribution in [-0.2, 0) is 6.54 Å². The van der Waals surface area contributed by atoms with Crippen molar-refractivity contribution in [1.82, 2.24) is 5.01 Å². The minimum Gasteiger partial charge on any atom is -0.457 e. The normalized spacial score (nSPS) is 15.1. The molecule has 1 fully saturated rings. The van der Waals surface area contributed by atoms with E-state index in [1.807, 2.05) is 54.7 Å². The molecule has 0 atom stereocenters. The van der Waals surface area contributed by atoms with Gasteiger partial charge in [0, 0.05) is 5.56 Å². The van der Waals surface area contributed by atoms with Crippen molar-refractivity contribution in [2.45, 2.75) is 6.54 Å². The van der Waals surface area contributed by atoms with Crippen LogP contribution in [0.25, 0.3) is 0 Å². The maximum Gasteiger partial charge on any atom is 0.128 e. The van der Waals surface area contributed by atoms with E-state index in [9.17, 15) is 0 Å². The van der Waals surface area contributed by atoms with E-state index in [-0.39, 0.29) is 0 Å². The summed E-state index contributed by atoms with van der Waals surface area (Å²) >= 11 is 0. The van der Waals surface area contributed by atoms with E-state index < -0.39 is 0 Å². The van der Waals surface area contributed by atoms with Gasteiger partial charge in [-0.25, -0.2) is 0 Å². The first-order valence-corrected chi connectivity index (χ1v) is 9.84. The summed E-state index contributed by atoms with van der Waals surface area (Å²) < 4.78 is 5.90. The number of ether oxygens (including phenoxy) is 1. The van der Waals surface area contributed by atoms with Crippen LogP contribution >= 0.6 is 0 Å². The zero-order valence-corrected chi connectivity index (χ0v) is 16.0. The van der Waals surface area contributed by atoms with Gasteiger partial charge in [0.25, 0.3) is 0 Å². The molecule has 1 saturated heterocycles. The predicted octanol–water partition coefficient (Wildman–Crippen LogP) is 3.21. The highest BCUT2D eigenvalue weighted by molar-refractivity contribution is 5.80. The second-order valence-electron chi connectivity index (χ2n) is 7.10. The van der Waals surface area contributed by atoms with Crippen molar-refractivity contribution in [3.8, 4) is 11.5 Å². The summed E-state index contributed by atoms with van der Waals surface area (Å²) in [5.41, 5.74) is 2.46. The van der Waals surface area contributed by atoms with Gasteiger partial charge in [-0.2, -0.15) is 5.10 Å². The molecule has 4 heteroatoms. The summed E-state index contributed by atoms with van der Waals surface area (Å²) in [6, 6.07) is 28.6. The molecule has 0 radical (unpaired) electrons. The van der Waals surface area contributed by atoms with Crippen LogP contribution < -0.4 is 9.64 Å². The first-order chi connectivity index (χ1) is 13.8. The van der Waals surface area contributed by atoms with Gasteiger partial charge >= 0.3 is 0 Å². The fourth-order valence-corrected chi connectivity index (χ4v) is 3.42. The van der Waals surface area contributed by atoms with Gasteiger partial charge < -0.3 is 9.64 Å². The monoisotopic (exact) mass is 372 g/mol. The van der Waals surface area contributed by atoms with Crippen molar-refractivity contribution < 1.29 is 9.64 Å². The predicted molar refractivity (Wildman–Crippen MR) is 113 cm³/mol. The van der Waals surface area contributed by atoms with Crippen LogP contribution in [0.4, 0.5) is 0 Å². The first kappa shape index (κ1) is 18.3. The van der Waals surface area contributed by atoms with Crippen molar-refractivity contribution in [3.63, 3.8) is 0 Å². The first-order valence-electron chi connectivity index (χ1n) is 9.84. The van der Waals surface area contributed by atoms with E-state index in [2.05, 4.69) is 46.5 Å². The Bertz CT molecular complexity index is 888. The summed E-state index contributed by atoms with van der Waals surface area (Å²) in [6.45, 7) is 5.29. The van der Waals surface area contributed by atoms with Gasteiger partial charge in [-0.1, -0.05) is 60.7 Å². The highest BCUT2D eigenvalue weighted by Crippen LogP contribution is 2.21. The zero-order chi connectivity index (χ0) is 19.0. The highest BCUT2D eigenvalue weighted by atomic mass is 16.5. The Labute approximate surface area is 166 Å². The number of hydrogen-bond acceptors (Lipinski definition) is 3. The molecule has 3 aromatic rings. The van der Waals surface area contributed by atoms with Crippen molar-refractivity contribution in [3.05, 3.63) is 96.1 Å². The third-order valence-corrected chi connectivity index (χ3v) is 4.95. The molecule has 0 aromatic heterocycles. The van der Waals surface area contributed by atoms with Gasteiger partial charge in [0.1, 0.15) is 18.0 Å². The number of nitrogens with one attached hydrogen (secondary N) is 1. The number of hydrogen-bond donors (Lipinski definition) is 1. The average molecular weight is 372 g/mol. The van der Waals surface area contributed by atoms with Crippen LogP contribution in [0.2, 0.25) is 0 Å². The van der Waals surface area contributed by atoms with E-state index in [1.165, 1.54) is 5.56 Å². The van der Waals surface area contributed by atoms with Gasteiger partial charge in [0.2, 0.25) is 0 Å². The Kier molecular flexibility index (Phi) is 6.00. The standard InChI is InChI=1S/C24H25N3O/c1-3-8-21(9-4-1)20-26-14-16-27(17-15-26)25-19-22-10-7-13-24(18-22)28-23-11-5-2-6-12-23/h1-13,18-19H,14-17,20H2/p+1. The molecule has 0 bridgehead atoms. The Morgan fingerprint density at radius 2 is 1.50 bits per heavy atom. The van der Waals surface area contributed by atoms with E-state index in [0.717, 1.165) is 49.8 Å². The second kappa shape index (κ2) is 9.20. The molecule has 1 heterocycles. The number of hydrazone groups is 1. The van der Waals surface area contributed by atoms with Gasteiger partial charge in [0.15, 0.2) is 0 Å². The number of quaternary nitrogens is 1. The lowest BCUT2D eigenvalue weighted by Crippen LogP contribution is -3.13. The fraction of sp³-hybridized carbons (Fsp3) is 0.208. The minimum absolute atomic E-state index is 0.826. The SMILES string of the molecule is C(=NN1CC[NH+](Cc2ccccc2)CC1)c1cccc(Oc2ccccc2)c1. The Morgan fingerprint density at radius 3 is 2.25 bits per heavy atom. The molecule has 142 valence electrons. The van der Waals surface area contributed by atoms with Crippen LogP contribution in [0.5, 0.6) is 11.5 Å². The molecule has 28 heavy (non-hydrogen) atoms. The fourth-order valence-electron chi connectivity index (χ4n) is 3.42. The Morgan fingerprint density at radius 1 is 0.821 bits per heavy atom. The van der Waals surface area contributed by atoms with E-state index in [4.69, 9.17) is 4.74 Å². The number of para-hydroxylation sites is 1. The molecule has 3 aromatic carbocycles. The molecule has 0 spiro atoms. The molecule has 4 rings (SSSR count). The molecular formula is C24H26N3O+. The Hall–Kier alpha value is -3.11. The molecule has 0 unspecified atom stereocenters. The van der Waals surface area contributed by atoms with Gasteiger partial charge in [0.05, 0.1) is 32.4 Å². The van der Waals surface area contributed by atoms with E-state index in [0.29, 0.717) is 0 Å². The minimum atomic E-state index is 0.826. The molecule has 0 aliphatic carbocycles. The molecule has 0 amide bonds. The Balaban J connectivity index is 1.30. The van der Waals surface area contributed by atoms with Crippen molar-refractivity contribution in [2.75, 3.05) is 26.2 Å². The van der Waals surface area contributed by atoms with E-state index in [1.54, 1.807) is 4.90 Å². The van der Waals surface area contributed by atoms with Crippen LogP contribution in [0.15, 0.2) is 90.0 Å². The van der Waals surface area contributed by atoms with Crippen LogP contribution in [0.3, 0.4) is 0 Å². The zero-order valence-electron chi connectivity index (χ0n) is 16.0. The van der Waals surface area contributed by atoms with Crippen molar-refractivity contribution in [1.29, 1.82) is 0 Å². The number of nitrogens with zero attached hydrogens (tertiary/aromatic N) is 2. The van der Waals surface area contributed by atoms with Crippen LogP contribution in [0.1, 0.15) is 11.1 Å². The summed E-state index contributed by atoms with van der Waals surface area (Å²) in [6.07, 6.45) is 1.93. The van der Waals surface area contributed by atoms with Crippen LogP contribution in [-0.4, -0.2) is 37.4 Å². The molecule has 1 N–H and O–H groups in total. The number of rotatable bonds is 6. The van der Waals surface area contributed by atoms with Crippen molar-refractivity contribution >= 4 is 6.21 Å². The second-order valence-corrected chi connectivity index (χ2v) is 7.10. The topological polar surface area (TPSA) is 29.3 Å². The summed E-state index contributed by atoms with van der Waals surface area (Å²) in [7, 11) is 0. The largest absolute Gasteiger partial charge is 0.457 e. The third-order valence-electron chi connectivity index (χ3n) is 4.95. The molecule has 1 aliphatic rings. The lowest BCUT2D eigenvalue weighted by atomic mass is 10.2. The lowest BCUT2D eigenvalue weighted by Gasteiger charge is -2.30. The van der Waals surface area contributed by atoms with E-state index >= 15 is 0 Å². The smallest absolute Gasteiger partial charge is 0.128 e. The third kappa shape index (κ3) is 5.21. The van der Waals surface area contributed by atoms with Crippen LogP contribution in [0, 0.1) is 0 Å². The molecule has 0 saturated carbocycles. The summed E-state index contributed by atoms with van der Waals surface area (Å²) in [5.74, 6) is 1.67. The molecule has 1 aliphatic heterocycles.